The Morgan fingerprint density at radius 2 is 1.95 bits per heavy atom. The summed E-state index contributed by atoms with van der Waals surface area (Å²) in [6.45, 7) is 6.28. The van der Waals surface area contributed by atoms with Crippen molar-refractivity contribution < 1.29 is 9.53 Å². The van der Waals surface area contributed by atoms with Crippen LogP contribution in [0.5, 0.6) is 0 Å². The second-order valence-corrected chi connectivity index (χ2v) is 5.71. The normalized spacial score (nSPS) is 18.6. The quantitative estimate of drug-likeness (QED) is 0.607. The van der Waals surface area contributed by atoms with Crippen LogP contribution in [0, 0.1) is 0 Å². The van der Waals surface area contributed by atoms with Crippen molar-refractivity contribution in [2.45, 2.75) is 18.9 Å². The molecular weight excluding hydrogens is 256 g/mol. The molecule has 1 aliphatic heterocycles. The van der Waals surface area contributed by atoms with Crippen molar-refractivity contribution in [1.82, 2.24) is 14.7 Å². The number of piperazine rings is 1. The number of ether oxygens (including phenoxy) is 1. The van der Waals surface area contributed by atoms with Crippen LogP contribution < -0.4 is 5.73 Å². The van der Waals surface area contributed by atoms with Crippen molar-refractivity contribution in [3.63, 3.8) is 0 Å². The van der Waals surface area contributed by atoms with Gasteiger partial charge in [0.2, 0.25) is 5.91 Å². The van der Waals surface area contributed by atoms with Crippen LogP contribution in [0.4, 0.5) is 0 Å². The van der Waals surface area contributed by atoms with E-state index in [4.69, 9.17) is 10.5 Å². The maximum atomic E-state index is 12.2. The molecule has 1 amide bonds. The molecule has 1 rings (SSSR count). The fourth-order valence-corrected chi connectivity index (χ4v) is 2.34. The fraction of sp³-hybridized carbons (Fsp3) is 0.929. The van der Waals surface area contributed by atoms with E-state index >= 15 is 0 Å². The fourth-order valence-electron chi connectivity index (χ4n) is 2.34. The maximum Gasteiger partial charge on any atom is 0.239 e. The van der Waals surface area contributed by atoms with Crippen LogP contribution in [0.3, 0.4) is 0 Å². The van der Waals surface area contributed by atoms with E-state index in [1.165, 1.54) is 0 Å². The van der Waals surface area contributed by atoms with Crippen LogP contribution >= 0.6 is 0 Å². The smallest absolute Gasteiger partial charge is 0.239 e. The molecule has 118 valence electrons. The first-order valence-electron chi connectivity index (χ1n) is 7.45. The van der Waals surface area contributed by atoms with E-state index < -0.39 is 0 Å². The van der Waals surface area contributed by atoms with Crippen LogP contribution in [-0.4, -0.2) is 93.7 Å². The van der Waals surface area contributed by atoms with E-state index in [1.54, 1.807) is 7.11 Å². The zero-order valence-electron chi connectivity index (χ0n) is 13.2. The van der Waals surface area contributed by atoms with E-state index in [-0.39, 0.29) is 11.9 Å². The molecule has 0 radical (unpaired) electrons. The van der Waals surface area contributed by atoms with Gasteiger partial charge in [0.05, 0.1) is 6.04 Å². The van der Waals surface area contributed by atoms with Crippen molar-refractivity contribution in [3.05, 3.63) is 0 Å². The Morgan fingerprint density at radius 3 is 2.50 bits per heavy atom. The molecular formula is C14H30N4O2. The Labute approximate surface area is 122 Å². The number of hydrogen-bond acceptors (Lipinski definition) is 5. The predicted octanol–water partition coefficient (Wildman–Crippen LogP) is -0.554. The van der Waals surface area contributed by atoms with E-state index in [0.717, 1.165) is 45.7 Å². The van der Waals surface area contributed by atoms with Crippen molar-refractivity contribution in [2.75, 3.05) is 67.1 Å². The van der Waals surface area contributed by atoms with Gasteiger partial charge in [0.1, 0.15) is 0 Å². The summed E-state index contributed by atoms with van der Waals surface area (Å²) in [5, 5.41) is 0. The Bertz CT molecular complexity index is 278. The van der Waals surface area contributed by atoms with Crippen molar-refractivity contribution in [2.24, 2.45) is 5.73 Å². The number of methoxy groups -OCH3 is 1. The lowest BCUT2D eigenvalue weighted by Gasteiger charge is -2.36. The zero-order valence-corrected chi connectivity index (χ0v) is 13.2. The molecule has 0 aromatic heterocycles. The minimum atomic E-state index is -0.376. The van der Waals surface area contributed by atoms with Gasteiger partial charge in [-0.15, -0.1) is 0 Å². The van der Waals surface area contributed by atoms with Gasteiger partial charge in [-0.3, -0.25) is 9.69 Å². The molecule has 0 aromatic rings. The summed E-state index contributed by atoms with van der Waals surface area (Å²) in [6.07, 6.45) is 1.54. The first-order valence-corrected chi connectivity index (χ1v) is 7.45. The topological polar surface area (TPSA) is 62.0 Å². The molecule has 1 heterocycles. The van der Waals surface area contributed by atoms with Gasteiger partial charge in [0.25, 0.3) is 0 Å². The van der Waals surface area contributed by atoms with Gasteiger partial charge in [-0.05, 0) is 26.9 Å². The van der Waals surface area contributed by atoms with E-state index in [1.807, 2.05) is 4.90 Å². The Morgan fingerprint density at radius 1 is 1.30 bits per heavy atom. The van der Waals surface area contributed by atoms with Crippen LogP contribution in [0.15, 0.2) is 0 Å². The highest BCUT2D eigenvalue weighted by molar-refractivity contribution is 5.81. The average molecular weight is 286 g/mol. The van der Waals surface area contributed by atoms with Crippen molar-refractivity contribution in [1.29, 1.82) is 0 Å². The first-order chi connectivity index (χ1) is 9.54. The second kappa shape index (κ2) is 9.28. The number of hydrogen-bond donors (Lipinski definition) is 1. The summed E-state index contributed by atoms with van der Waals surface area (Å²) >= 11 is 0. The molecule has 0 saturated carbocycles. The largest absolute Gasteiger partial charge is 0.385 e. The molecule has 1 fully saturated rings. The number of nitrogens with two attached hydrogens (primary N) is 1. The molecule has 1 atom stereocenters. The third-order valence-corrected chi connectivity index (χ3v) is 3.73. The van der Waals surface area contributed by atoms with Gasteiger partial charge in [0.15, 0.2) is 0 Å². The molecule has 0 aliphatic carbocycles. The van der Waals surface area contributed by atoms with E-state index in [0.29, 0.717) is 13.0 Å². The molecule has 0 bridgehead atoms. The molecule has 0 aromatic carbocycles. The van der Waals surface area contributed by atoms with Gasteiger partial charge in [-0.1, -0.05) is 0 Å². The zero-order chi connectivity index (χ0) is 15.0. The minimum absolute atomic E-state index is 0.0911. The monoisotopic (exact) mass is 286 g/mol. The summed E-state index contributed by atoms with van der Waals surface area (Å²) in [4.78, 5) is 18.7. The van der Waals surface area contributed by atoms with Gasteiger partial charge in [-0.25, -0.2) is 0 Å². The highest BCUT2D eigenvalue weighted by Crippen LogP contribution is 2.06. The maximum absolute atomic E-state index is 12.2. The molecule has 20 heavy (non-hydrogen) atoms. The highest BCUT2D eigenvalue weighted by Gasteiger charge is 2.24. The number of carbonyl (C=O) groups is 1. The van der Waals surface area contributed by atoms with Gasteiger partial charge in [0, 0.05) is 53.0 Å². The second-order valence-electron chi connectivity index (χ2n) is 5.71. The van der Waals surface area contributed by atoms with Gasteiger partial charge in [-0.2, -0.15) is 0 Å². The molecule has 6 heteroatoms. The standard InChI is InChI=1S/C14H30N4O2/c1-16(2)6-7-17-8-10-18(11-9-17)14(19)13(15)5-4-12-20-3/h13H,4-12,15H2,1-3H3. The molecule has 0 spiro atoms. The third-order valence-electron chi connectivity index (χ3n) is 3.73. The summed E-state index contributed by atoms with van der Waals surface area (Å²) in [5.74, 6) is 0.0911. The molecule has 1 aliphatic rings. The summed E-state index contributed by atoms with van der Waals surface area (Å²) in [6, 6.07) is -0.376. The lowest BCUT2D eigenvalue weighted by molar-refractivity contribution is -0.134. The minimum Gasteiger partial charge on any atom is -0.385 e. The molecule has 2 N–H and O–H groups in total. The van der Waals surface area contributed by atoms with Gasteiger partial charge >= 0.3 is 0 Å². The molecule has 1 saturated heterocycles. The van der Waals surface area contributed by atoms with Crippen LogP contribution in [0.1, 0.15) is 12.8 Å². The Hall–Kier alpha value is -0.690. The van der Waals surface area contributed by atoms with Crippen LogP contribution in [-0.2, 0) is 9.53 Å². The number of amides is 1. The number of likely N-dealkylation sites (N-methyl/N-ethyl adjacent to an activating group) is 1. The van der Waals surface area contributed by atoms with Gasteiger partial charge < -0.3 is 20.3 Å². The predicted molar refractivity (Wildman–Crippen MR) is 80.7 cm³/mol. The highest BCUT2D eigenvalue weighted by atomic mass is 16.5. The van der Waals surface area contributed by atoms with E-state index in [2.05, 4.69) is 23.9 Å². The Balaban J connectivity index is 2.24. The lowest BCUT2D eigenvalue weighted by Crippen LogP contribution is -2.53. The SMILES string of the molecule is COCCCC(N)C(=O)N1CCN(CCN(C)C)CC1. The Kier molecular flexibility index (Phi) is 8.06. The number of carbonyl (C=O) groups excluding carboxylic acids is 1. The lowest BCUT2D eigenvalue weighted by atomic mass is 10.1. The van der Waals surface area contributed by atoms with Crippen LogP contribution in [0.25, 0.3) is 0 Å². The number of rotatable bonds is 8. The third kappa shape index (κ3) is 6.17. The van der Waals surface area contributed by atoms with E-state index in [9.17, 15) is 4.79 Å². The summed E-state index contributed by atoms with van der Waals surface area (Å²) in [5.41, 5.74) is 5.95. The van der Waals surface area contributed by atoms with Crippen LogP contribution in [0.2, 0.25) is 0 Å². The summed E-state index contributed by atoms with van der Waals surface area (Å²) < 4.78 is 4.99. The molecule has 6 nitrogen and oxygen atoms in total. The average Bonchev–Trinajstić information content (AvgIpc) is 2.45. The first kappa shape index (κ1) is 17.4. The van der Waals surface area contributed by atoms with Crippen molar-refractivity contribution in [3.8, 4) is 0 Å². The molecule has 1 unspecified atom stereocenters. The van der Waals surface area contributed by atoms with Crippen molar-refractivity contribution >= 4 is 5.91 Å². The number of nitrogens with zero attached hydrogens (tertiary/aromatic N) is 3. The summed E-state index contributed by atoms with van der Waals surface area (Å²) in [7, 11) is 5.83.